The monoisotopic (exact) mass is 953 g/mol. The van der Waals surface area contributed by atoms with Crippen molar-refractivity contribution in [2.24, 2.45) is 11.8 Å². The Hall–Kier alpha value is -2.04. The molecule has 16 nitrogen and oxygen atoms in total. The van der Waals surface area contributed by atoms with Crippen molar-refractivity contribution in [3.8, 4) is 0 Å². The Morgan fingerprint density at radius 1 is 0.641 bits per heavy atom. The summed E-state index contributed by atoms with van der Waals surface area (Å²) in [5, 5.41) is 41.2. The van der Waals surface area contributed by atoms with Gasteiger partial charge in [-0.3, -0.25) is 23.2 Å². The summed E-state index contributed by atoms with van der Waals surface area (Å²) in [5.74, 6) is -1.75. The maximum Gasteiger partial charge on any atom is 0.472 e. The number of hydrogen-bond acceptors (Lipinski definition) is 13. The number of esters is 2. The molecule has 0 radical (unpaired) electrons. The van der Waals surface area contributed by atoms with Crippen LogP contribution in [0.15, 0.2) is 48.6 Å². The molecule has 0 aromatic heterocycles. The molecule has 0 amide bonds. The van der Waals surface area contributed by atoms with Gasteiger partial charge in [-0.05, 0) is 70.1 Å². The van der Waals surface area contributed by atoms with Gasteiger partial charge in [0.05, 0.1) is 38.1 Å². The average molecular weight is 953 g/mol. The number of carbonyl (C=O) groups is 2. The van der Waals surface area contributed by atoms with Crippen LogP contribution in [0.25, 0.3) is 0 Å². The Labute approximate surface area is 382 Å². The molecular weight excluding hydrogens is 870 g/mol. The minimum atomic E-state index is -4.90. The molecule has 1 aliphatic carbocycles. The molecule has 64 heavy (non-hydrogen) atoms. The van der Waals surface area contributed by atoms with Gasteiger partial charge < -0.3 is 44.6 Å². The first-order valence-electron chi connectivity index (χ1n) is 23.6. The Kier molecular flexibility index (Phi) is 34.7. The Morgan fingerprint density at radius 2 is 1.20 bits per heavy atom. The zero-order chi connectivity index (χ0) is 47.5. The highest BCUT2D eigenvalue weighted by molar-refractivity contribution is 7.47. The van der Waals surface area contributed by atoms with Crippen LogP contribution in [0.2, 0.25) is 0 Å². The normalized spacial score (nSPS) is 20.7. The highest BCUT2D eigenvalue weighted by Gasteiger charge is 2.39. The molecule has 372 valence electrons. The molecule has 1 fully saturated rings. The first kappa shape index (κ1) is 60.0. The molecule has 7 N–H and O–H groups in total. The van der Waals surface area contributed by atoms with Crippen molar-refractivity contribution in [2.75, 3.05) is 26.4 Å². The smallest absolute Gasteiger partial charge is 0.462 e. The summed E-state index contributed by atoms with van der Waals surface area (Å²) in [4.78, 5) is 53.0. The SMILES string of the molecule is CCCCC/C=C\C/C=C\CCCCCCCCCC(=O)OC[C@H](COP(=O)(O)OC[C@@H](O)COP(=O)(O)O)OC(=O)CCC/C=C/C[C@@H]1[C@@H](/C=C/[C@@H](O)CCCCC)[C@H](O)C[C@@H]1O. The number of allylic oxidation sites excluding steroid dienone is 6. The van der Waals surface area contributed by atoms with Gasteiger partial charge in [0, 0.05) is 25.2 Å². The summed E-state index contributed by atoms with van der Waals surface area (Å²) in [6.07, 6.45) is 30.5. The topological polar surface area (TPSA) is 256 Å². The largest absolute Gasteiger partial charge is 0.472 e. The van der Waals surface area contributed by atoms with Gasteiger partial charge in [-0.1, -0.05) is 127 Å². The fourth-order valence-electron chi connectivity index (χ4n) is 7.08. The van der Waals surface area contributed by atoms with E-state index in [2.05, 4.69) is 47.2 Å². The van der Waals surface area contributed by atoms with Crippen LogP contribution in [0.5, 0.6) is 0 Å². The van der Waals surface area contributed by atoms with E-state index in [4.69, 9.17) is 23.8 Å². The van der Waals surface area contributed by atoms with Gasteiger partial charge in [0.2, 0.25) is 0 Å². The molecule has 0 spiro atoms. The second-order valence-electron chi connectivity index (χ2n) is 16.6. The van der Waals surface area contributed by atoms with Gasteiger partial charge in [-0.2, -0.15) is 0 Å². The van der Waals surface area contributed by atoms with Crippen molar-refractivity contribution in [3.63, 3.8) is 0 Å². The van der Waals surface area contributed by atoms with Crippen LogP contribution >= 0.6 is 15.6 Å². The van der Waals surface area contributed by atoms with Crippen molar-refractivity contribution in [2.45, 2.75) is 192 Å². The third-order valence-electron chi connectivity index (χ3n) is 10.8. The molecular formula is C46H82O16P2. The summed E-state index contributed by atoms with van der Waals surface area (Å²) >= 11 is 0. The number of ether oxygens (including phenoxy) is 2. The van der Waals surface area contributed by atoms with Crippen LogP contribution in [0.1, 0.15) is 162 Å². The van der Waals surface area contributed by atoms with Crippen LogP contribution in [-0.4, -0.2) is 104 Å². The Bertz CT molecular complexity index is 1430. The summed E-state index contributed by atoms with van der Waals surface area (Å²) < 4.78 is 47.8. The second kappa shape index (κ2) is 37.0. The highest BCUT2D eigenvalue weighted by Crippen LogP contribution is 2.44. The molecule has 8 atom stereocenters. The third kappa shape index (κ3) is 33.4. The zero-order valence-electron chi connectivity index (χ0n) is 38.5. The van der Waals surface area contributed by atoms with Gasteiger partial charge in [0.15, 0.2) is 6.10 Å². The van der Waals surface area contributed by atoms with Crippen molar-refractivity contribution < 1.29 is 76.9 Å². The van der Waals surface area contributed by atoms with Gasteiger partial charge in [0.1, 0.15) is 12.7 Å². The van der Waals surface area contributed by atoms with Crippen LogP contribution in [0.3, 0.4) is 0 Å². The van der Waals surface area contributed by atoms with Crippen molar-refractivity contribution in [1.29, 1.82) is 0 Å². The van der Waals surface area contributed by atoms with E-state index < -0.39 is 84.5 Å². The minimum Gasteiger partial charge on any atom is -0.462 e. The molecule has 1 rings (SSSR count). The summed E-state index contributed by atoms with van der Waals surface area (Å²) in [7, 11) is -9.78. The maximum absolute atomic E-state index is 12.8. The Morgan fingerprint density at radius 3 is 1.88 bits per heavy atom. The molecule has 0 aromatic carbocycles. The first-order valence-corrected chi connectivity index (χ1v) is 26.6. The number of phosphoric acid groups is 2. The lowest BCUT2D eigenvalue weighted by atomic mass is 9.89. The standard InChI is InChI=1S/C46H82O16P2/c1-3-5-7-8-9-10-11-12-13-14-15-16-17-18-19-20-25-29-45(51)58-36-40(37-61-64(56,57)60-35-39(48)34-59-63(53,54)55)62-46(52)30-26-22-21-24-28-41-42(44(50)33-43(41)49)32-31-38(47)27-23-6-4-2/h9-10,12-13,21,24,31-32,38-44,47-50H,3-8,11,14-20,22-23,25-30,33-37H2,1-2H3,(H,56,57)(H2,53,54,55)/b10-9-,13-12-,24-21+,32-31+/t38-,39-,40+,41+,42+,43-,44+/m0/s1. The molecule has 0 heterocycles. The van der Waals surface area contributed by atoms with Crippen LogP contribution in [0, 0.1) is 11.8 Å². The molecule has 1 aliphatic rings. The number of unbranched alkanes of at least 4 members (excludes halogenated alkanes) is 13. The predicted octanol–water partition coefficient (Wildman–Crippen LogP) is 8.61. The molecule has 0 bridgehead atoms. The lowest BCUT2D eigenvalue weighted by Gasteiger charge is -2.20. The summed E-state index contributed by atoms with van der Waals surface area (Å²) in [6, 6.07) is 0. The Balaban J connectivity index is 2.55. The molecule has 0 saturated heterocycles. The van der Waals surface area contributed by atoms with E-state index in [0.29, 0.717) is 32.1 Å². The van der Waals surface area contributed by atoms with E-state index in [1.807, 2.05) is 12.2 Å². The number of rotatable bonds is 40. The fourth-order valence-corrected chi connectivity index (χ4v) is 8.23. The lowest BCUT2D eigenvalue weighted by Crippen LogP contribution is -2.29. The molecule has 0 aromatic rings. The molecule has 18 heteroatoms. The number of phosphoric ester groups is 2. The number of carbonyl (C=O) groups excluding carboxylic acids is 2. The summed E-state index contributed by atoms with van der Waals surface area (Å²) in [5.41, 5.74) is 0. The minimum absolute atomic E-state index is 0.0482. The average Bonchev–Trinajstić information content (AvgIpc) is 3.51. The van der Waals surface area contributed by atoms with E-state index in [1.54, 1.807) is 12.2 Å². The summed E-state index contributed by atoms with van der Waals surface area (Å²) in [6.45, 7) is 1.35. The quantitative estimate of drug-likeness (QED) is 0.0131. The number of aliphatic hydroxyl groups excluding tert-OH is 4. The van der Waals surface area contributed by atoms with E-state index in [1.165, 1.54) is 19.3 Å². The predicted molar refractivity (Wildman–Crippen MR) is 246 cm³/mol. The van der Waals surface area contributed by atoms with Gasteiger partial charge >= 0.3 is 27.6 Å². The van der Waals surface area contributed by atoms with Gasteiger partial charge in [-0.25, -0.2) is 9.13 Å². The van der Waals surface area contributed by atoms with Crippen LogP contribution < -0.4 is 0 Å². The van der Waals surface area contributed by atoms with E-state index in [9.17, 15) is 44.0 Å². The number of aliphatic hydroxyl groups is 4. The molecule has 1 unspecified atom stereocenters. The van der Waals surface area contributed by atoms with Crippen LogP contribution in [0.4, 0.5) is 0 Å². The van der Waals surface area contributed by atoms with Crippen molar-refractivity contribution in [1.82, 2.24) is 0 Å². The molecule has 1 saturated carbocycles. The van der Waals surface area contributed by atoms with Crippen molar-refractivity contribution in [3.05, 3.63) is 48.6 Å². The van der Waals surface area contributed by atoms with E-state index in [0.717, 1.165) is 77.0 Å². The van der Waals surface area contributed by atoms with Crippen LogP contribution in [-0.2, 0) is 41.8 Å². The highest BCUT2D eigenvalue weighted by atomic mass is 31.2. The molecule has 0 aliphatic heterocycles. The van der Waals surface area contributed by atoms with E-state index in [-0.39, 0.29) is 31.1 Å². The van der Waals surface area contributed by atoms with E-state index >= 15 is 0 Å². The maximum atomic E-state index is 12.8. The van der Waals surface area contributed by atoms with Gasteiger partial charge in [-0.15, -0.1) is 0 Å². The number of hydrogen-bond donors (Lipinski definition) is 7. The third-order valence-corrected chi connectivity index (χ3v) is 12.2. The van der Waals surface area contributed by atoms with Crippen molar-refractivity contribution >= 4 is 27.6 Å². The zero-order valence-corrected chi connectivity index (χ0v) is 40.2. The van der Waals surface area contributed by atoms with Gasteiger partial charge in [0.25, 0.3) is 0 Å². The first-order chi connectivity index (χ1) is 30.6. The fraction of sp³-hybridized carbons (Fsp3) is 0.783. The lowest BCUT2D eigenvalue weighted by molar-refractivity contribution is -0.161. The second-order valence-corrected chi connectivity index (χ2v) is 19.3.